The normalized spacial score (nSPS) is 14.6. The number of anilines is 1. The van der Waals surface area contributed by atoms with Crippen molar-refractivity contribution in [1.82, 2.24) is 14.9 Å². The minimum absolute atomic E-state index is 0.168. The summed E-state index contributed by atoms with van der Waals surface area (Å²) in [5.74, 6) is -0.343. The topological polar surface area (TPSA) is 108 Å². The Morgan fingerprint density at radius 2 is 1.68 bits per heavy atom. The second-order valence-electron chi connectivity index (χ2n) is 7.56. The van der Waals surface area contributed by atoms with Crippen LogP contribution in [-0.4, -0.2) is 44.3 Å². The van der Waals surface area contributed by atoms with Crippen LogP contribution in [-0.2, 0) is 21.4 Å². The Hall–Kier alpha value is -2.91. The molecular weight excluding hydrogens is 416 g/mol. The lowest BCUT2D eigenvalue weighted by molar-refractivity contribution is -0.120. The van der Waals surface area contributed by atoms with Gasteiger partial charge in [-0.15, -0.1) is 0 Å². The quantitative estimate of drug-likeness (QED) is 0.610. The Balaban J connectivity index is 1.44. The lowest BCUT2D eigenvalue weighted by Crippen LogP contribution is -2.38. The summed E-state index contributed by atoms with van der Waals surface area (Å²) in [5, 5.41) is 7.88. The summed E-state index contributed by atoms with van der Waals surface area (Å²) < 4.78 is 26.9. The number of hydrogen-bond acceptors (Lipinski definition) is 4. The Bertz CT molecular complexity index is 1020. The number of aryl methyl sites for hydroxylation is 1. The molecule has 31 heavy (non-hydrogen) atoms. The number of carbonyl (C=O) groups excluding carboxylic acids is 2. The van der Waals surface area contributed by atoms with Gasteiger partial charge in [0.1, 0.15) is 0 Å². The molecule has 0 radical (unpaired) electrons. The van der Waals surface area contributed by atoms with Gasteiger partial charge in [-0.1, -0.05) is 30.7 Å². The number of benzene rings is 2. The molecule has 2 aromatic carbocycles. The van der Waals surface area contributed by atoms with E-state index in [0.717, 1.165) is 30.4 Å². The summed E-state index contributed by atoms with van der Waals surface area (Å²) in [6, 6.07) is 13.4. The first-order valence-corrected chi connectivity index (χ1v) is 11.8. The predicted molar refractivity (Wildman–Crippen MR) is 119 cm³/mol. The molecule has 3 N–H and O–H groups in total. The minimum atomic E-state index is -3.47. The summed E-state index contributed by atoms with van der Waals surface area (Å²) in [4.78, 5) is 24.2. The van der Waals surface area contributed by atoms with Crippen LogP contribution >= 0.6 is 0 Å². The van der Waals surface area contributed by atoms with Gasteiger partial charge in [-0.2, -0.15) is 4.31 Å². The third kappa shape index (κ3) is 6.53. The standard InChI is InChI=1S/C22H28N4O4S/c1-17-6-5-7-19(14-17)25-22(28)24-16-21(27)23-15-18-8-10-20(11-9-18)31(29,30)26-12-3-2-4-13-26/h5-11,14H,2-4,12-13,15-16H2,1H3,(H,23,27)(H2,24,25,28). The first-order chi connectivity index (χ1) is 14.8. The van der Waals surface area contributed by atoms with Gasteiger partial charge in [-0.3, -0.25) is 4.79 Å². The van der Waals surface area contributed by atoms with E-state index in [1.807, 2.05) is 25.1 Å². The van der Waals surface area contributed by atoms with Gasteiger partial charge < -0.3 is 16.0 Å². The van der Waals surface area contributed by atoms with E-state index >= 15 is 0 Å². The highest BCUT2D eigenvalue weighted by atomic mass is 32.2. The van der Waals surface area contributed by atoms with Gasteiger partial charge in [0, 0.05) is 25.3 Å². The van der Waals surface area contributed by atoms with Crippen molar-refractivity contribution in [3.63, 3.8) is 0 Å². The van der Waals surface area contributed by atoms with Crippen LogP contribution in [0.2, 0.25) is 0 Å². The van der Waals surface area contributed by atoms with Gasteiger partial charge in [0.25, 0.3) is 0 Å². The molecule has 1 heterocycles. The Labute approximate surface area is 183 Å². The largest absolute Gasteiger partial charge is 0.350 e. The second-order valence-corrected chi connectivity index (χ2v) is 9.50. The number of urea groups is 1. The maximum Gasteiger partial charge on any atom is 0.319 e. The van der Waals surface area contributed by atoms with Gasteiger partial charge in [-0.25, -0.2) is 13.2 Å². The third-order valence-corrected chi connectivity index (χ3v) is 6.96. The molecule has 1 aliphatic heterocycles. The van der Waals surface area contributed by atoms with Crippen LogP contribution in [0, 0.1) is 6.92 Å². The van der Waals surface area contributed by atoms with Gasteiger partial charge in [0.15, 0.2) is 0 Å². The summed E-state index contributed by atoms with van der Waals surface area (Å²) in [7, 11) is -3.47. The maximum absolute atomic E-state index is 12.7. The molecule has 166 valence electrons. The van der Waals surface area contributed by atoms with Crippen molar-refractivity contribution in [2.24, 2.45) is 0 Å². The second kappa shape index (κ2) is 10.4. The van der Waals surface area contributed by atoms with E-state index in [9.17, 15) is 18.0 Å². The predicted octanol–water partition coefficient (Wildman–Crippen LogP) is 2.61. The van der Waals surface area contributed by atoms with Gasteiger partial charge in [-0.05, 0) is 55.2 Å². The molecule has 1 fully saturated rings. The Kier molecular flexibility index (Phi) is 7.64. The van der Waals surface area contributed by atoms with Crippen molar-refractivity contribution in [1.29, 1.82) is 0 Å². The zero-order valence-corrected chi connectivity index (χ0v) is 18.4. The number of carbonyl (C=O) groups is 2. The molecule has 1 aliphatic rings. The first-order valence-electron chi connectivity index (χ1n) is 10.3. The van der Waals surface area contributed by atoms with Crippen LogP contribution in [0.25, 0.3) is 0 Å². The first kappa shape index (κ1) is 22.8. The van der Waals surface area contributed by atoms with Gasteiger partial charge in [0.2, 0.25) is 15.9 Å². The SMILES string of the molecule is Cc1cccc(NC(=O)NCC(=O)NCc2ccc(S(=O)(=O)N3CCCCC3)cc2)c1. The minimum Gasteiger partial charge on any atom is -0.350 e. The number of amides is 3. The Morgan fingerprint density at radius 3 is 2.35 bits per heavy atom. The van der Waals surface area contributed by atoms with Crippen LogP contribution in [0.15, 0.2) is 53.4 Å². The third-order valence-electron chi connectivity index (χ3n) is 5.05. The van der Waals surface area contributed by atoms with E-state index in [2.05, 4.69) is 16.0 Å². The number of sulfonamides is 1. The van der Waals surface area contributed by atoms with E-state index in [1.165, 1.54) is 4.31 Å². The van der Waals surface area contributed by atoms with Crippen LogP contribution in [0.1, 0.15) is 30.4 Å². The number of hydrogen-bond donors (Lipinski definition) is 3. The highest BCUT2D eigenvalue weighted by Gasteiger charge is 2.25. The summed E-state index contributed by atoms with van der Waals surface area (Å²) in [6.07, 6.45) is 2.84. The molecule has 0 saturated carbocycles. The van der Waals surface area contributed by atoms with Crippen molar-refractivity contribution in [2.75, 3.05) is 25.0 Å². The molecule has 0 bridgehead atoms. The summed E-state index contributed by atoms with van der Waals surface area (Å²) >= 11 is 0. The molecule has 2 aromatic rings. The zero-order chi connectivity index (χ0) is 22.3. The molecular formula is C22H28N4O4S. The number of piperidine rings is 1. The van der Waals surface area contributed by atoms with Crippen LogP contribution < -0.4 is 16.0 Å². The fraction of sp³-hybridized carbons (Fsp3) is 0.364. The maximum atomic E-state index is 12.7. The van der Waals surface area contributed by atoms with Crippen molar-refractivity contribution >= 4 is 27.6 Å². The summed E-state index contributed by atoms with van der Waals surface area (Å²) in [5.41, 5.74) is 2.44. The van der Waals surface area contributed by atoms with Crippen molar-refractivity contribution < 1.29 is 18.0 Å². The fourth-order valence-electron chi connectivity index (χ4n) is 3.36. The van der Waals surface area contributed by atoms with Crippen LogP contribution in [0.5, 0.6) is 0 Å². The fourth-order valence-corrected chi connectivity index (χ4v) is 4.87. The van der Waals surface area contributed by atoms with Crippen molar-refractivity contribution in [2.45, 2.75) is 37.6 Å². The van der Waals surface area contributed by atoms with E-state index in [4.69, 9.17) is 0 Å². The molecule has 0 aliphatic carbocycles. The highest BCUT2D eigenvalue weighted by Crippen LogP contribution is 2.20. The monoisotopic (exact) mass is 444 g/mol. The van der Waals surface area contributed by atoms with Crippen molar-refractivity contribution in [3.8, 4) is 0 Å². The van der Waals surface area contributed by atoms with E-state index in [-0.39, 0.29) is 23.9 Å². The molecule has 9 heteroatoms. The average molecular weight is 445 g/mol. The number of rotatable bonds is 7. The van der Waals surface area contributed by atoms with Crippen LogP contribution in [0.4, 0.5) is 10.5 Å². The van der Waals surface area contributed by atoms with E-state index in [0.29, 0.717) is 18.8 Å². The summed E-state index contributed by atoms with van der Waals surface area (Å²) in [6.45, 7) is 3.12. The molecule has 1 saturated heterocycles. The molecule has 0 aromatic heterocycles. The van der Waals surface area contributed by atoms with Crippen molar-refractivity contribution in [3.05, 3.63) is 59.7 Å². The number of nitrogens with zero attached hydrogens (tertiary/aromatic N) is 1. The molecule has 3 rings (SSSR count). The Morgan fingerprint density at radius 1 is 0.968 bits per heavy atom. The van der Waals surface area contributed by atoms with Gasteiger partial charge >= 0.3 is 6.03 Å². The molecule has 3 amide bonds. The highest BCUT2D eigenvalue weighted by molar-refractivity contribution is 7.89. The van der Waals surface area contributed by atoms with E-state index < -0.39 is 16.1 Å². The molecule has 0 unspecified atom stereocenters. The molecule has 8 nitrogen and oxygen atoms in total. The average Bonchev–Trinajstić information content (AvgIpc) is 2.77. The molecule has 0 atom stereocenters. The number of nitrogens with one attached hydrogen (secondary N) is 3. The van der Waals surface area contributed by atoms with E-state index in [1.54, 1.807) is 30.3 Å². The van der Waals surface area contributed by atoms with Gasteiger partial charge in [0.05, 0.1) is 11.4 Å². The lowest BCUT2D eigenvalue weighted by atomic mass is 10.2. The smallest absolute Gasteiger partial charge is 0.319 e. The lowest BCUT2D eigenvalue weighted by Gasteiger charge is -2.25. The molecule has 0 spiro atoms. The zero-order valence-electron chi connectivity index (χ0n) is 17.6. The van der Waals surface area contributed by atoms with Crippen LogP contribution in [0.3, 0.4) is 0 Å².